The summed E-state index contributed by atoms with van der Waals surface area (Å²) in [7, 11) is 1.74. The number of hydrogen-bond acceptors (Lipinski definition) is 4. The number of aromatic amines is 1. The highest BCUT2D eigenvalue weighted by atomic mass is 19.1. The molecule has 8 heteroatoms. The van der Waals surface area contributed by atoms with Crippen molar-refractivity contribution in [2.75, 3.05) is 20.1 Å². The van der Waals surface area contributed by atoms with Crippen molar-refractivity contribution in [3.63, 3.8) is 0 Å². The average Bonchev–Trinajstić information content (AvgIpc) is 3.65. The van der Waals surface area contributed by atoms with E-state index >= 15 is 0 Å². The molecule has 3 fully saturated rings. The molecule has 0 bridgehead atoms. The normalized spacial score (nSPS) is 26.9. The number of rotatable bonds is 7. The molecule has 0 radical (unpaired) electrons. The van der Waals surface area contributed by atoms with Crippen molar-refractivity contribution in [1.82, 2.24) is 25.4 Å². The molecule has 5 rings (SSSR count). The van der Waals surface area contributed by atoms with E-state index in [1.54, 1.807) is 20.0 Å². The van der Waals surface area contributed by atoms with Gasteiger partial charge in [0.15, 0.2) is 0 Å². The number of nitrogens with one attached hydrogen (secondary N) is 3. The van der Waals surface area contributed by atoms with Gasteiger partial charge < -0.3 is 20.5 Å². The summed E-state index contributed by atoms with van der Waals surface area (Å²) in [6, 6.07) is 4.99. The van der Waals surface area contributed by atoms with E-state index in [9.17, 15) is 14.0 Å². The molecule has 1 unspecified atom stereocenters. The molecule has 1 saturated carbocycles. The minimum absolute atomic E-state index is 0.0146. The lowest BCUT2D eigenvalue weighted by Crippen LogP contribution is -2.54. The Bertz CT molecular complexity index is 1080. The number of H-pyrrole nitrogens is 1. The molecule has 3 heterocycles. The van der Waals surface area contributed by atoms with E-state index in [4.69, 9.17) is 0 Å². The fraction of sp³-hybridized carbons (Fsp3) is 0.630. The smallest absolute Gasteiger partial charge is 0.245 e. The number of aromatic nitrogens is 1. The first-order valence-electron chi connectivity index (χ1n) is 13.2. The Morgan fingerprint density at radius 1 is 1.23 bits per heavy atom. The SMILES string of the molecule is CC[C@H](NC(=O)[C@H](C)NC)C(=O)N1CC[C@@H]2[C@H]1C(c1c[nH]c3cc(F)ccc13)CN2C1CCCC1. The molecular formula is C27H38FN5O2. The summed E-state index contributed by atoms with van der Waals surface area (Å²) >= 11 is 0. The molecular weight excluding hydrogens is 445 g/mol. The highest BCUT2D eigenvalue weighted by molar-refractivity contribution is 5.90. The Labute approximate surface area is 206 Å². The molecule has 3 aliphatic rings. The van der Waals surface area contributed by atoms with Crippen molar-refractivity contribution in [3.05, 3.63) is 35.8 Å². The van der Waals surface area contributed by atoms with E-state index in [-0.39, 0.29) is 35.6 Å². The lowest BCUT2D eigenvalue weighted by molar-refractivity contribution is -0.137. The van der Waals surface area contributed by atoms with Crippen LogP contribution in [0.1, 0.15) is 63.9 Å². The number of carbonyl (C=O) groups excluding carboxylic acids is 2. The van der Waals surface area contributed by atoms with Crippen LogP contribution >= 0.6 is 0 Å². The minimum atomic E-state index is -0.532. The van der Waals surface area contributed by atoms with Crippen molar-refractivity contribution in [2.24, 2.45) is 0 Å². The van der Waals surface area contributed by atoms with Gasteiger partial charge in [0, 0.05) is 48.2 Å². The molecule has 2 amide bonds. The second-order valence-corrected chi connectivity index (χ2v) is 10.5. The van der Waals surface area contributed by atoms with Crippen LogP contribution in [-0.2, 0) is 9.59 Å². The fourth-order valence-corrected chi connectivity index (χ4v) is 6.71. The Morgan fingerprint density at radius 3 is 2.71 bits per heavy atom. The number of halogens is 1. The molecule has 3 N–H and O–H groups in total. The van der Waals surface area contributed by atoms with Crippen molar-refractivity contribution in [2.45, 2.75) is 88.5 Å². The zero-order chi connectivity index (χ0) is 24.7. The van der Waals surface area contributed by atoms with Crippen LogP contribution in [0.2, 0.25) is 0 Å². The molecule has 35 heavy (non-hydrogen) atoms. The molecule has 2 saturated heterocycles. The Hall–Kier alpha value is -2.45. The first-order chi connectivity index (χ1) is 16.9. The molecule has 1 aromatic heterocycles. The number of fused-ring (bicyclic) bond motifs is 2. The highest BCUT2D eigenvalue weighted by Gasteiger charge is 2.53. The topological polar surface area (TPSA) is 80.5 Å². The number of carbonyl (C=O) groups is 2. The molecule has 7 nitrogen and oxygen atoms in total. The van der Waals surface area contributed by atoms with Crippen LogP contribution in [0.4, 0.5) is 4.39 Å². The third-order valence-electron chi connectivity index (χ3n) is 8.67. The predicted molar refractivity (Wildman–Crippen MR) is 135 cm³/mol. The second-order valence-electron chi connectivity index (χ2n) is 10.5. The minimum Gasteiger partial charge on any atom is -0.361 e. The van der Waals surface area contributed by atoms with E-state index in [0.29, 0.717) is 25.0 Å². The van der Waals surface area contributed by atoms with Gasteiger partial charge in [-0.2, -0.15) is 0 Å². The summed E-state index contributed by atoms with van der Waals surface area (Å²) in [4.78, 5) is 34.4. The van der Waals surface area contributed by atoms with Crippen LogP contribution in [0.3, 0.4) is 0 Å². The van der Waals surface area contributed by atoms with E-state index in [2.05, 4.69) is 20.5 Å². The second kappa shape index (κ2) is 9.90. The van der Waals surface area contributed by atoms with Crippen LogP contribution in [0.15, 0.2) is 24.4 Å². The molecule has 190 valence electrons. The number of amides is 2. The van der Waals surface area contributed by atoms with Crippen molar-refractivity contribution in [3.8, 4) is 0 Å². The molecule has 5 atom stereocenters. The van der Waals surface area contributed by atoms with Gasteiger partial charge in [-0.05, 0) is 63.4 Å². The van der Waals surface area contributed by atoms with Gasteiger partial charge in [0.05, 0.1) is 12.1 Å². The van der Waals surface area contributed by atoms with Gasteiger partial charge in [-0.1, -0.05) is 19.8 Å². The maximum absolute atomic E-state index is 13.9. The monoisotopic (exact) mass is 483 g/mol. The quantitative estimate of drug-likeness (QED) is 0.565. The number of benzene rings is 1. The van der Waals surface area contributed by atoms with E-state index in [1.807, 2.05) is 24.1 Å². The molecule has 2 aliphatic heterocycles. The largest absolute Gasteiger partial charge is 0.361 e. The maximum Gasteiger partial charge on any atom is 0.245 e. The van der Waals surface area contributed by atoms with Gasteiger partial charge in [0.1, 0.15) is 11.9 Å². The van der Waals surface area contributed by atoms with Crippen molar-refractivity contribution < 1.29 is 14.0 Å². The average molecular weight is 484 g/mol. The highest BCUT2D eigenvalue weighted by Crippen LogP contribution is 2.45. The van der Waals surface area contributed by atoms with Crippen LogP contribution in [-0.4, -0.2) is 76.9 Å². The lowest BCUT2D eigenvalue weighted by Gasteiger charge is -2.32. The molecule has 1 aliphatic carbocycles. The standard InChI is InChI=1S/C27H38FN5O2/c1-4-22(31-26(34)16(2)29-3)27(35)32-12-11-24-25(32)21(15-33(24)18-7-5-6-8-18)20-14-30-23-13-17(28)9-10-19(20)23/h9-10,13-14,16,18,21-22,24-25,29-30H,4-8,11-12,15H2,1-3H3,(H,31,34)/t16-,21?,22-,24+,25+/m0/s1. The van der Waals surface area contributed by atoms with Crippen LogP contribution < -0.4 is 10.6 Å². The third-order valence-corrected chi connectivity index (χ3v) is 8.67. The summed E-state index contributed by atoms with van der Waals surface area (Å²) in [6.07, 6.45) is 8.50. The van der Waals surface area contributed by atoms with Gasteiger partial charge in [-0.25, -0.2) is 4.39 Å². The molecule has 0 spiro atoms. The van der Waals surface area contributed by atoms with E-state index < -0.39 is 6.04 Å². The molecule has 1 aromatic carbocycles. The first kappa shape index (κ1) is 24.3. The van der Waals surface area contributed by atoms with Gasteiger partial charge in [0.2, 0.25) is 11.8 Å². The van der Waals surface area contributed by atoms with Gasteiger partial charge in [-0.15, -0.1) is 0 Å². The zero-order valence-corrected chi connectivity index (χ0v) is 21.0. The zero-order valence-electron chi connectivity index (χ0n) is 21.0. The summed E-state index contributed by atoms with van der Waals surface area (Å²) in [6.45, 7) is 5.36. The molecule has 2 aromatic rings. The van der Waals surface area contributed by atoms with Crippen LogP contribution in [0, 0.1) is 5.82 Å². The van der Waals surface area contributed by atoms with Crippen LogP contribution in [0.25, 0.3) is 10.9 Å². The number of nitrogens with zero attached hydrogens (tertiary/aromatic N) is 2. The predicted octanol–water partition coefficient (Wildman–Crippen LogP) is 3.12. The van der Waals surface area contributed by atoms with E-state index in [0.717, 1.165) is 29.4 Å². The van der Waals surface area contributed by atoms with Crippen molar-refractivity contribution in [1.29, 1.82) is 0 Å². The van der Waals surface area contributed by atoms with Crippen LogP contribution in [0.5, 0.6) is 0 Å². The van der Waals surface area contributed by atoms with Gasteiger partial charge in [-0.3, -0.25) is 14.5 Å². The number of likely N-dealkylation sites (tertiary alicyclic amines) is 2. The number of hydrogen-bond donors (Lipinski definition) is 3. The Morgan fingerprint density at radius 2 is 2.00 bits per heavy atom. The Balaban J connectivity index is 1.46. The summed E-state index contributed by atoms with van der Waals surface area (Å²) in [5.74, 6) is -0.244. The number of likely N-dealkylation sites (N-methyl/N-ethyl adjacent to an activating group) is 1. The Kier molecular flexibility index (Phi) is 6.86. The summed E-state index contributed by atoms with van der Waals surface area (Å²) in [5, 5.41) is 6.95. The summed E-state index contributed by atoms with van der Waals surface area (Å²) < 4.78 is 13.9. The van der Waals surface area contributed by atoms with Gasteiger partial charge in [0.25, 0.3) is 0 Å². The van der Waals surface area contributed by atoms with Crippen molar-refractivity contribution >= 4 is 22.7 Å². The lowest BCUT2D eigenvalue weighted by atomic mass is 9.91. The maximum atomic E-state index is 13.9. The first-order valence-corrected chi connectivity index (χ1v) is 13.2. The van der Waals surface area contributed by atoms with E-state index in [1.165, 1.54) is 31.7 Å². The summed E-state index contributed by atoms with van der Waals surface area (Å²) in [5.41, 5.74) is 1.96. The fourth-order valence-electron chi connectivity index (χ4n) is 6.71. The third kappa shape index (κ3) is 4.35. The van der Waals surface area contributed by atoms with Gasteiger partial charge >= 0.3 is 0 Å².